The number of fused-ring (bicyclic) bond motifs is 5. The minimum absolute atomic E-state index is 0.163. The van der Waals surface area contributed by atoms with Crippen molar-refractivity contribution in [3.05, 3.63) is 0 Å². The summed E-state index contributed by atoms with van der Waals surface area (Å²) in [5.41, 5.74) is 1.19. The summed E-state index contributed by atoms with van der Waals surface area (Å²) in [5, 5.41) is 4.43. The predicted molar refractivity (Wildman–Crippen MR) is 91.6 cm³/mol. The number of oxime groups is 1. The van der Waals surface area contributed by atoms with Gasteiger partial charge in [-0.15, -0.1) is 0 Å². The van der Waals surface area contributed by atoms with E-state index in [1.54, 1.807) is 7.11 Å². The molecule has 4 heteroatoms. The van der Waals surface area contributed by atoms with Crippen LogP contribution in [0.25, 0.3) is 0 Å². The zero-order valence-electron chi connectivity index (χ0n) is 15.1. The standard InChI is InChI=1S/C20H29NO3/c1-19-8-6-13(22)10-12(19)11-16(21-24-3)18-14-4-5-17(23)20(14,2)9-7-15(18)19/h12,14-15,18H,4-11H2,1-3H3/t12?,14-,15-,18-,19-,20-/m0/s1. The molecular formula is C20H29NO3. The SMILES string of the molecule is CON=C1CC2CC(=O)CC[C@]2(C)[C@H]2CC[C@]3(C)C(=O)CC[C@H]3[C@H]12. The van der Waals surface area contributed by atoms with E-state index < -0.39 is 0 Å². The summed E-state index contributed by atoms with van der Waals surface area (Å²) in [7, 11) is 1.61. The highest BCUT2D eigenvalue weighted by Crippen LogP contribution is 2.64. The van der Waals surface area contributed by atoms with Crippen LogP contribution in [0.15, 0.2) is 5.16 Å². The molecule has 0 amide bonds. The maximum Gasteiger partial charge on any atom is 0.139 e. The summed E-state index contributed by atoms with van der Waals surface area (Å²) in [5.74, 6) is 2.58. The summed E-state index contributed by atoms with van der Waals surface area (Å²) in [6.07, 6.45) is 7.13. The first-order valence-electron chi connectivity index (χ1n) is 9.55. The molecule has 0 bridgehead atoms. The summed E-state index contributed by atoms with van der Waals surface area (Å²) in [6, 6.07) is 0. The minimum Gasteiger partial charge on any atom is -0.399 e. The summed E-state index contributed by atoms with van der Waals surface area (Å²) in [4.78, 5) is 29.8. The topological polar surface area (TPSA) is 55.7 Å². The van der Waals surface area contributed by atoms with E-state index in [4.69, 9.17) is 4.84 Å². The first kappa shape index (κ1) is 16.3. The molecule has 0 aromatic rings. The van der Waals surface area contributed by atoms with Crippen molar-refractivity contribution >= 4 is 17.3 Å². The highest BCUT2D eigenvalue weighted by Gasteiger charge is 2.62. The van der Waals surface area contributed by atoms with Gasteiger partial charge in [0.05, 0.1) is 5.71 Å². The van der Waals surface area contributed by atoms with Crippen LogP contribution < -0.4 is 0 Å². The molecule has 0 heterocycles. The Hall–Kier alpha value is -1.19. The van der Waals surface area contributed by atoms with Crippen LogP contribution in [0.5, 0.6) is 0 Å². The van der Waals surface area contributed by atoms with Crippen molar-refractivity contribution in [1.29, 1.82) is 0 Å². The monoisotopic (exact) mass is 331 g/mol. The van der Waals surface area contributed by atoms with Gasteiger partial charge in [0.2, 0.25) is 0 Å². The summed E-state index contributed by atoms with van der Waals surface area (Å²) < 4.78 is 0. The van der Waals surface area contributed by atoms with Gasteiger partial charge in [0, 0.05) is 30.6 Å². The third-order valence-corrected chi connectivity index (χ3v) is 8.22. The van der Waals surface area contributed by atoms with Gasteiger partial charge in [0.25, 0.3) is 0 Å². The Labute approximate surface area is 144 Å². The zero-order chi connectivity index (χ0) is 17.1. The molecule has 4 saturated carbocycles. The van der Waals surface area contributed by atoms with E-state index >= 15 is 0 Å². The van der Waals surface area contributed by atoms with Gasteiger partial charge < -0.3 is 4.84 Å². The molecule has 0 radical (unpaired) electrons. The van der Waals surface area contributed by atoms with Crippen LogP contribution in [0.1, 0.15) is 65.2 Å². The van der Waals surface area contributed by atoms with Crippen molar-refractivity contribution < 1.29 is 14.4 Å². The average molecular weight is 331 g/mol. The van der Waals surface area contributed by atoms with Crippen LogP contribution >= 0.6 is 0 Å². The molecule has 0 aliphatic heterocycles. The van der Waals surface area contributed by atoms with E-state index in [0.717, 1.165) is 50.7 Å². The second-order valence-electron chi connectivity index (χ2n) is 9.07. The maximum absolute atomic E-state index is 12.6. The van der Waals surface area contributed by atoms with E-state index in [1.807, 2.05) is 0 Å². The Morgan fingerprint density at radius 2 is 1.83 bits per heavy atom. The Morgan fingerprint density at radius 1 is 1.04 bits per heavy atom. The minimum atomic E-state index is -0.163. The number of ketones is 2. The first-order valence-corrected chi connectivity index (χ1v) is 9.55. The van der Waals surface area contributed by atoms with E-state index in [-0.39, 0.29) is 10.8 Å². The third kappa shape index (κ3) is 2.07. The molecule has 6 atom stereocenters. The zero-order valence-corrected chi connectivity index (χ0v) is 15.1. The molecule has 0 aromatic carbocycles. The molecule has 0 N–H and O–H groups in total. The van der Waals surface area contributed by atoms with Crippen molar-refractivity contribution in [1.82, 2.24) is 0 Å². The molecule has 0 saturated heterocycles. The van der Waals surface area contributed by atoms with E-state index in [0.29, 0.717) is 41.7 Å². The lowest BCUT2D eigenvalue weighted by molar-refractivity contribution is -0.135. The molecule has 0 aromatic heterocycles. The fraction of sp³-hybridized carbons (Fsp3) is 0.850. The second-order valence-corrected chi connectivity index (χ2v) is 9.07. The highest BCUT2D eigenvalue weighted by atomic mass is 16.6. The maximum atomic E-state index is 12.6. The van der Waals surface area contributed by atoms with Crippen molar-refractivity contribution in [2.45, 2.75) is 65.2 Å². The second kappa shape index (κ2) is 5.40. The van der Waals surface area contributed by atoms with E-state index in [2.05, 4.69) is 19.0 Å². The van der Waals surface area contributed by atoms with Crippen LogP contribution in [-0.2, 0) is 14.4 Å². The molecule has 132 valence electrons. The van der Waals surface area contributed by atoms with Gasteiger partial charge in [0.1, 0.15) is 18.7 Å². The van der Waals surface area contributed by atoms with Crippen molar-refractivity contribution in [2.24, 2.45) is 39.7 Å². The lowest BCUT2D eigenvalue weighted by Crippen LogP contribution is -2.57. The van der Waals surface area contributed by atoms with Gasteiger partial charge in [-0.2, -0.15) is 0 Å². The molecule has 24 heavy (non-hydrogen) atoms. The average Bonchev–Trinajstić information content (AvgIpc) is 2.85. The van der Waals surface area contributed by atoms with Crippen LogP contribution in [-0.4, -0.2) is 24.4 Å². The molecule has 4 rings (SSSR count). The normalized spacial score (nSPS) is 49.5. The fourth-order valence-electron chi connectivity index (χ4n) is 6.74. The summed E-state index contributed by atoms with van der Waals surface area (Å²) in [6.45, 7) is 4.59. The quantitative estimate of drug-likeness (QED) is 0.687. The number of hydrogen-bond donors (Lipinski definition) is 0. The van der Waals surface area contributed by atoms with Gasteiger partial charge in [-0.25, -0.2) is 0 Å². The number of hydrogen-bond acceptors (Lipinski definition) is 4. The number of carbonyl (C=O) groups is 2. The smallest absolute Gasteiger partial charge is 0.139 e. The number of rotatable bonds is 1. The molecule has 4 fully saturated rings. The molecule has 4 nitrogen and oxygen atoms in total. The van der Waals surface area contributed by atoms with Crippen molar-refractivity contribution in [3.8, 4) is 0 Å². The summed E-state index contributed by atoms with van der Waals surface area (Å²) >= 11 is 0. The Morgan fingerprint density at radius 3 is 2.58 bits per heavy atom. The van der Waals surface area contributed by atoms with Crippen LogP contribution in [0.3, 0.4) is 0 Å². The number of nitrogens with zero attached hydrogens (tertiary/aromatic N) is 1. The Bertz CT molecular complexity index is 612. The van der Waals surface area contributed by atoms with E-state index in [1.165, 1.54) is 0 Å². The van der Waals surface area contributed by atoms with Crippen molar-refractivity contribution in [3.63, 3.8) is 0 Å². The lowest BCUT2D eigenvalue weighted by Gasteiger charge is -2.59. The predicted octanol–water partition coefficient (Wildman–Crippen LogP) is 3.78. The lowest BCUT2D eigenvalue weighted by atomic mass is 9.45. The molecule has 4 aliphatic carbocycles. The third-order valence-electron chi connectivity index (χ3n) is 8.22. The molecule has 0 spiro atoms. The van der Waals surface area contributed by atoms with Crippen LogP contribution in [0.4, 0.5) is 0 Å². The van der Waals surface area contributed by atoms with E-state index in [9.17, 15) is 9.59 Å². The highest BCUT2D eigenvalue weighted by molar-refractivity contribution is 5.93. The van der Waals surface area contributed by atoms with Gasteiger partial charge in [-0.3, -0.25) is 9.59 Å². The molecule has 4 aliphatic rings. The first-order chi connectivity index (χ1) is 11.4. The van der Waals surface area contributed by atoms with Crippen molar-refractivity contribution in [2.75, 3.05) is 7.11 Å². The van der Waals surface area contributed by atoms with Crippen LogP contribution in [0.2, 0.25) is 0 Å². The number of carbonyl (C=O) groups excluding carboxylic acids is 2. The van der Waals surface area contributed by atoms with Gasteiger partial charge >= 0.3 is 0 Å². The van der Waals surface area contributed by atoms with Gasteiger partial charge in [-0.05, 0) is 55.3 Å². The Kier molecular flexibility index (Phi) is 3.67. The molecule has 1 unspecified atom stereocenters. The Balaban J connectivity index is 1.76. The fourth-order valence-corrected chi connectivity index (χ4v) is 6.74. The van der Waals surface area contributed by atoms with Crippen LogP contribution in [0, 0.1) is 34.5 Å². The number of Topliss-reactive ketones (excluding diaryl/α,β-unsaturated/α-hetero) is 2. The molecular weight excluding hydrogens is 302 g/mol. The van der Waals surface area contributed by atoms with Gasteiger partial charge in [-0.1, -0.05) is 19.0 Å². The largest absolute Gasteiger partial charge is 0.399 e. The van der Waals surface area contributed by atoms with Gasteiger partial charge in [0.15, 0.2) is 0 Å².